The van der Waals surface area contributed by atoms with E-state index in [9.17, 15) is 55.2 Å². The molecule has 0 saturated carbocycles. The van der Waals surface area contributed by atoms with Crippen LogP contribution in [0.1, 0.15) is 6.42 Å². The molecule has 0 bridgehead atoms. The van der Waals surface area contributed by atoms with Gasteiger partial charge in [0, 0.05) is 17.8 Å². The smallest absolute Gasteiger partial charge is 0.337 e. The molecule has 0 aromatic rings. The lowest BCUT2D eigenvalue weighted by Crippen LogP contribution is -2.60. The molecule has 4 heterocycles. The number of rotatable bonds is 14. The lowest BCUT2D eigenvalue weighted by atomic mass is 9.76. The molecule has 2 fully saturated rings. The maximum atomic E-state index is 13.0. The fraction of sp³-hybridized carbons (Fsp3) is 0.618. The van der Waals surface area contributed by atoms with Gasteiger partial charge >= 0.3 is 11.9 Å². The molecule has 19 heteroatoms. The van der Waals surface area contributed by atoms with E-state index < -0.39 is 123 Å². The Hall–Kier alpha value is -3.57. The van der Waals surface area contributed by atoms with Crippen LogP contribution in [0.25, 0.3) is 0 Å². The monoisotopic (exact) mass is 758 g/mol. The summed E-state index contributed by atoms with van der Waals surface area (Å²) in [5, 5.41) is 81.1. The van der Waals surface area contributed by atoms with E-state index in [2.05, 4.69) is 13.2 Å². The minimum absolute atomic E-state index is 0.0210. The van der Waals surface area contributed by atoms with Crippen LogP contribution in [0.2, 0.25) is 0 Å². The summed E-state index contributed by atoms with van der Waals surface area (Å²) < 4.78 is 43.7. The van der Waals surface area contributed by atoms with Gasteiger partial charge in [0.2, 0.25) is 12.6 Å². The summed E-state index contributed by atoms with van der Waals surface area (Å²) in [6, 6.07) is 0. The molecule has 0 spiro atoms. The maximum absolute atomic E-state index is 13.0. The summed E-state index contributed by atoms with van der Waals surface area (Å²) in [6.07, 6.45) is -12.7. The molecular formula is C34H46O19. The number of methoxy groups -OCH3 is 2. The molecule has 4 rings (SSSR count). The Labute approximate surface area is 303 Å². The number of ether oxygens (including phenoxy) is 8. The number of carbonyl (C=O) groups excluding carboxylic acids is 3. The largest absolute Gasteiger partial charge is 0.471 e. The van der Waals surface area contributed by atoms with Gasteiger partial charge in [0.05, 0.1) is 57.0 Å². The van der Waals surface area contributed by atoms with Crippen molar-refractivity contribution in [2.75, 3.05) is 27.4 Å². The Balaban J connectivity index is 1.66. The van der Waals surface area contributed by atoms with Gasteiger partial charge in [-0.2, -0.15) is 0 Å². The summed E-state index contributed by atoms with van der Waals surface area (Å²) in [4.78, 5) is 38.7. The molecule has 8 N–H and O–H groups in total. The Morgan fingerprint density at radius 3 is 1.58 bits per heavy atom. The zero-order valence-corrected chi connectivity index (χ0v) is 28.8. The molecule has 53 heavy (non-hydrogen) atoms. The van der Waals surface area contributed by atoms with E-state index in [1.165, 1.54) is 18.2 Å². The molecule has 0 aromatic heterocycles. The van der Waals surface area contributed by atoms with Crippen LogP contribution in [0.5, 0.6) is 0 Å². The van der Waals surface area contributed by atoms with Crippen molar-refractivity contribution in [1.29, 1.82) is 0 Å². The number of hydrogen-bond donors (Lipinski definition) is 8. The van der Waals surface area contributed by atoms with E-state index in [0.717, 1.165) is 26.7 Å². The number of aliphatic hydroxyl groups excluding tert-OH is 8. The summed E-state index contributed by atoms with van der Waals surface area (Å²) in [5.74, 6) is -5.82. The molecular weight excluding hydrogens is 712 g/mol. The van der Waals surface area contributed by atoms with Gasteiger partial charge in [0.25, 0.3) is 0 Å². The third-order valence-electron chi connectivity index (χ3n) is 9.59. The predicted molar refractivity (Wildman–Crippen MR) is 173 cm³/mol. The molecule has 4 aliphatic heterocycles. The van der Waals surface area contributed by atoms with Gasteiger partial charge < -0.3 is 78.7 Å². The third-order valence-corrected chi connectivity index (χ3v) is 9.59. The van der Waals surface area contributed by atoms with Crippen molar-refractivity contribution in [3.63, 3.8) is 0 Å². The molecule has 4 aliphatic rings. The van der Waals surface area contributed by atoms with Crippen LogP contribution in [-0.2, 0) is 52.3 Å². The van der Waals surface area contributed by atoms with Gasteiger partial charge in [0.1, 0.15) is 55.1 Å². The fourth-order valence-corrected chi connectivity index (χ4v) is 6.58. The van der Waals surface area contributed by atoms with Crippen LogP contribution in [0.3, 0.4) is 0 Å². The highest BCUT2D eigenvalue weighted by Crippen LogP contribution is 2.41. The zero-order valence-electron chi connectivity index (χ0n) is 28.8. The minimum atomic E-state index is -1.81. The van der Waals surface area contributed by atoms with E-state index in [1.807, 2.05) is 0 Å². The first kappa shape index (κ1) is 42.2. The number of aldehydes is 1. The second kappa shape index (κ2) is 18.7. The lowest BCUT2D eigenvalue weighted by Gasteiger charge is -2.43. The van der Waals surface area contributed by atoms with E-state index in [4.69, 9.17) is 37.9 Å². The van der Waals surface area contributed by atoms with E-state index >= 15 is 0 Å². The van der Waals surface area contributed by atoms with Gasteiger partial charge in [-0.3, -0.25) is 4.79 Å². The van der Waals surface area contributed by atoms with Crippen LogP contribution in [0.15, 0.2) is 60.6 Å². The standard InChI is InChI=1S/C34H46O19/c1-5-15-17(18(29(44)46-3)12-48-31(15)52-33-27(42)25(40)23(38)20(10-36)50-33)8-7-14(9-35)22-16(6-2)32(49-13-19(22)30(45)47-4)53-34-28(43)26(41)24(39)21(11-37)51-34/h5-7,9,12-13,15-17,20-28,31-34,36-43H,1-2,8,10-11H2,3-4H3/b14-7+/t15-,16-,17+,20-,21-,22-,23-,24-,25+,26+,27-,28-,31+,32+,33+,34+/m1/s1. The number of allylic oxidation sites excluding steroid dienone is 2. The second-order valence-corrected chi connectivity index (χ2v) is 12.6. The first-order chi connectivity index (χ1) is 25.3. The molecule has 0 unspecified atom stereocenters. The first-order valence-corrected chi connectivity index (χ1v) is 16.5. The van der Waals surface area contributed by atoms with Crippen molar-refractivity contribution in [1.82, 2.24) is 0 Å². The Morgan fingerprint density at radius 1 is 0.698 bits per heavy atom. The van der Waals surface area contributed by atoms with Crippen molar-refractivity contribution < 1.29 is 93.1 Å². The molecule has 0 aromatic carbocycles. The summed E-state index contributed by atoms with van der Waals surface area (Å²) >= 11 is 0. The van der Waals surface area contributed by atoms with Crippen LogP contribution in [-0.4, -0.2) is 161 Å². The Kier molecular flexibility index (Phi) is 14.8. The van der Waals surface area contributed by atoms with Crippen molar-refractivity contribution in [2.45, 2.75) is 80.4 Å². The molecule has 296 valence electrons. The SMILES string of the molecule is C=C[C@H]1[C@H](O[C@@H]2O[C@H](CO)[C@@H](O)[C@H](O)[C@H]2O)OC=C(C(=O)OC)[C@H]1C/C=C(\C=O)[C@H]1C(C(=O)OC)=CO[C@@H](O[C@@H]2O[C@H](CO)[C@@H](O)[C@H](O)[C@H]2O)[C@@H]1C=C. The Morgan fingerprint density at radius 2 is 1.15 bits per heavy atom. The molecule has 0 amide bonds. The lowest BCUT2D eigenvalue weighted by molar-refractivity contribution is -0.339. The van der Waals surface area contributed by atoms with Crippen molar-refractivity contribution in [3.05, 3.63) is 60.6 Å². The predicted octanol–water partition coefficient (Wildman–Crippen LogP) is -3.20. The van der Waals surface area contributed by atoms with Crippen molar-refractivity contribution in [2.24, 2.45) is 23.7 Å². The van der Waals surface area contributed by atoms with E-state index in [0.29, 0.717) is 6.29 Å². The average Bonchev–Trinajstić information content (AvgIpc) is 3.17. The third kappa shape index (κ3) is 8.72. The van der Waals surface area contributed by atoms with Crippen LogP contribution in [0.4, 0.5) is 0 Å². The number of hydrogen-bond acceptors (Lipinski definition) is 19. The summed E-state index contributed by atoms with van der Waals surface area (Å²) in [7, 11) is 2.23. The van der Waals surface area contributed by atoms with Crippen LogP contribution < -0.4 is 0 Å². The molecule has 16 atom stereocenters. The molecule has 0 aliphatic carbocycles. The molecule has 0 radical (unpaired) electrons. The number of carbonyl (C=O) groups is 3. The van der Waals surface area contributed by atoms with Gasteiger partial charge in [-0.05, 0) is 12.0 Å². The summed E-state index contributed by atoms with van der Waals surface area (Å²) in [6.45, 7) is 6.16. The van der Waals surface area contributed by atoms with E-state index in [-0.39, 0.29) is 23.1 Å². The highest BCUT2D eigenvalue weighted by molar-refractivity contribution is 5.92. The van der Waals surface area contributed by atoms with E-state index in [1.54, 1.807) is 0 Å². The van der Waals surface area contributed by atoms with Gasteiger partial charge in [-0.25, -0.2) is 9.59 Å². The zero-order chi connectivity index (χ0) is 39.1. The maximum Gasteiger partial charge on any atom is 0.337 e. The normalized spacial score (nSPS) is 40.4. The highest BCUT2D eigenvalue weighted by Gasteiger charge is 2.50. The average molecular weight is 759 g/mol. The molecule has 2 saturated heterocycles. The topological polar surface area (TPSA) is 287 Å². The fourth-order valence-electron chi connectivity index (χ4n) is 6.58. The second-order valence-electron chi connectivity index (χ2n) is 12.6. The highest BCUT2D eigenvalue weighted by atomic mass is 16.8. The van der Waals surface area contributed by atoms with Gasteiger partial charge in [-0.15, -0.1) is 13.2 Å². The van der Waals surface area contributed by atoms with Crippen LogP contribution >= 0.6 is 0 Å². The van der Waals surface area contributed by atoms with Crippen LogP contribution in [0, 0.1) is 23.7 Å². The summed E-state index contributed by atoms with van der Waals surface area (Å²) in [5.41, 5.74) is -0.223. The van der Waals surface area contributed by atoms with Gasteiger partial charge in [-0.1, -0.05) is 18.2 Å². The van der Waals surface area contributed by atoms with Crippen molar-refractivity contribution in [3.8, 4) is 0 Å². The first-order valence-electron chi connectivity index (χ1n) is 16.5. The quantitative estimate of drug-likeness (QED) is 0.0375. The minimum Gasteiger partial charge on any atom is -0.471 e. The van der Waals surface area contributed by atoms with Gasteiger partial charge in [0.15, 0.2) is 12.6 Å². The number of aliphatic hydroxyl groups is 8. The molecule has 19 nitrogen and oxygen atoms in total. The van der Waals surface area contributed by atoms with Crippen molar-refractivity contribution >= 4 is 18.2 Å². The number of esters is 2. The Bertz CT molecular complexity index is 1410.